The van der Waals surface area contributed by atoms with Gasteiger partial charge in [-0.1, -0.05) is 0 Å². The van der Waals surface area contributed by atoms with Gasteiger partial charge in [-0.05, 0) is 39.1 Å². The summed E-state index contributed by atoms with van der Waals surface area (Å²) in [5.74, 6) is -1.75. The van der Waals surface area contributed by atoms with E-state index in [2.05, 4.69) is 15.2 Å². The van der Waals surface area contributed by atoms with Crippen molar-refractivity contribution in [2.45, 2.75) is 32.1 Å². The summed E-state index contributed by atoms with van der Waals surface area (Å²) in [6.07, 6.45) is -2.82. The fourth-order valence-corrected chi connectivity index (χ4v) is 4.58. The Balaban J connectivity index is 1.84. The van der Waals surface area contributed by atoms with Crippen molar-refractivity contribution in [1.29, 1.82) is 0 Å². The lowest BCUT2D eigenvalue weighted by Crippen LogP contribution is -2.55. The SMILES string of the molecule is C[C@@H]1CN(c2cc(F)c(-c3ccc(=O)n(C)c3)cc2NC(=O)c2c[nH]c(=O)cc2C(F)(F)F)C[C@H](C)N1C. The van der Waals surface area contributed by atoms with Crippen molar-refractivity contribution >= 4 is 17.3 Å². The molecule has 38 heavy (non-hydrogen) atoms. The van der Waals surface area contributed by atoms with Crippen molar-refractivity contribution in [2.24, 2.45) is 7.05 Å². The Bertz CT molecular complexity index is 1490. The number of nitrogens with one attached hydrogen (secondary N) is 2. The normalized spacial score (nSPS) is 18.5. The highest BCUT2D eigenvalue weighted by atomic mass is 19.4. The van der Waals surface area contributed by atoms with Gasteiger partial charge >= 0.3 is 6.18 Å². The van der Waals surface area contributed by atoms with Crippen LogP contribution in [0.2, 0.25) is 0 Å². The summed E-state index contributed by atoms with van der Waals surface area (Å²) < 4.78 is 57.6. The lowest BCUT2D eigenvalue weighted by Gasteiger charge is -2.44. The monoisotopic (exact) mass is 533 g/mol. The number of rotatable bonds is 4. The number of anilines is 2. The minimum atomic E-state index is -4.95. The Morgan fingerprint density at radius 3 is 2.32 bits per heavy atom. The molecule has 0 radical (unpaired) electrons. The van der Waals surface area contributed by atoms with Gasteiger partial charge in [0.25, 0.3) is 5.91 Å². The summed E-state index contributed by atoms with van der Waals surface area (Å²) in [5, 5.41) is 2.51. The number of alkyl halides is 3. The van der Waals surface area contributed by atoms with Gasteiger partial charge in [-0.25, -0.2) is 4.39 Å². The Morgan fingerprint density at radius 1 is 1.05 bits per heavy atom. The number of piperazine rings is 1. The van der Waals surface area contributed by atoms with E-state index < -0.39 is 34.6 Å². The molecule has 1 amide bonds. The van der Waals surface area contributed by atoms with Gasteiger partial charge in [0.05, 0.1) is 22.5 Å². The molecular weight excluding hydrogens is 506 g/mol. The minimum Gasteiger partial charge on any atom is -0.367 e. The second kappa shape index (κ2) is 10.1. The predicted molar refractivity (Wildman–Crippen MR) is 136 cm³/mol. The zero-order valence-corrected chi connectivity index (χ0v) is 21.2. The van der Waals surface area contributed by atoms with E-state index in [0.29, 0.717) is 36.6 Å². The number of carbonyl (C=O) groups excluding carboxylic acids is 1. The van der Waals surface area contributed by atoms with Crippen LogP contribution in [0.4, 0.5) is 28.9 Å². The first-order valence-electron chi connectivity index (χ1n) is 11.8. The molecule has 0 unspecified atom stereocenters. The molecule has 1 fully saturated rings. The van der Waals surface area contributed by atoms with Crippen LogP contribution < -0.4 is 21.3 Å². The average molecular weight is 534 g/mol. The Hall–Kier alpha value is -3.93. The fraction of sp³-hybridized carbons (Fsp3) is 0.346. The van der Waals surface area contributed by atoms with Gasteiger partial charge in [0, 0.05) is 67.9 Å². The molecule has 1 aromatic carbocycles. The van der Waals surface area contributed by atoms with E-state index in [0.717, 1.165) is 0 Å². The number of amides is 1. The molecule has 3 heterocycles. The molecule has 4 rings (SSSR count). The average Bonchev–Trinajstić information content (AvgIpc) is 2.84. The molecule has 1 saturated heterocycles. The van der Waals surface area contributed by atoms with Crippen LogP contribution in [0, 0.1) is 5.82 Å². The molecule has 202 valence electrons. The molecule has 8 nitrogen and oxygen atoms in total. The maximum absolute atomic E-state index is 15.5. The van der Waals surface area contributed by atoms with Gasteiger partial charge in [-0.3, -0.25) is 19.3 Å². The van der Waals surface area contributed by atoms with Crippen LogP contribution in [-0.4, -0.2) is 52.6 Å². The highest BCUT2D eigenvalue weighted by Gasteiger charge is 2.36. The van der Waals surface area contributed by atoms with Crippen LogP contribution in [0.25, 0.3) is 11.1 Å². The van der Waals surface area contributed by atoms with Crippen LogP contribution in [0.5, 0.6) is 0 Å². The van der Waals surface area contributed by atoms with Crippen LogP contribution >= 0.6 is 0 Å². The van der Waals surface area contributed by atoms with Gasteiger partial charge in [0.2, 0.25) is 11.1 Å². The lowest BCUT2D eigenvalue weighted by molar-refractivity contribution is -0.138. The zero-order chi connectivity index (χ0) is 27.9. The fourth-order valence-electron chi connectivity index (χ4n) is 4.58. The molecule has 0 aliphatic carbocycles. The first-order valence-corrected chi connectivity index (χ1v) is 11.8. The van der Waals surface area contributed by atoms with Crippen molar-refractivity contribution in [3.8, 4) is 11.1 Å². The maximum Gasteiger partial charge on any atom is 0.417 e. The lowest BCUT2D eigenvalue weighted by atomic mass is 10.0. The highest BCUT2D eigenvalue weighted by molar-refractivity contribution is 6.07. The minimum absolute atomic E-state index is 0.0485. The second-order valence-corrected chi connectivity index (χ2v) is 9.56. The van der Waals surface area contributed by atoms with Crippen LogP contribution in [0.3, 0.4) is 0 Å². The van der Waals surface area contributed by atoms with E-state index >= 15 is 4.39 Å². The Morgan fingerprint density at radius 2 is 1.71 bits per heavy atom. The first-order chi connectivity index (χ1) is 17.8. The summed E-state index contributed by atoms with van der Waals surface area (Å²) in [5.41, 5.74) is -2.71. The van der Waals surface area contributed by atoms with Gasteiger partial charge in [0.15, 0.2) is 0 Å². The molecule has 1 aliphatic rings. The molecule has 3 aromatic rings. The van der Waals surface area contributed by atoms with Gasteiger partial charge in [-0.2, -0.15) is 13.2 Å². The number of carbonyl (C=O) groups is 1. The number of H-pyrrole nitrogens is 1. The number of likely N-dealkylation sites (N-methyl/N-ethyl adjacent to an activating group) is 1. The van der Waals surface area contributed by atoms with Crippen LogP contribution in [0.1, 0.15) is 29.8 Å². The first kappa shape index (κ1) is 27.1. The molecule has 2 atom stereocenters. The molecule has 12 heteroatoms. The van der Waals surface area contributed by atoms with Crippen LogP contribution in [-0.2, 0) is 13.2 Å². The number of aromatic amines is 1. The van der Waals surface area contributed by atoms with Gasteiger partial charge in [0.1, 0.15) is 5.82 Å². The number of pyridine rings is 2. The number of aryl methyl sites for hydroxylation is 1. The summed E-state index contributed by atoms with van der Waals surface area (Å²) in [7, 11) is 3.47. The molecular formula is C26H27F4N5O3. The van der Waals surface area contributed by atoms with E-state index in [1.165, 1.54) is 42.1 Å². The molecule has 2 aromatic heterocycles. The molecule has 2 N–H and O–H groups in total. The van der Waals surface area contributed by atoms with Gasteiger partial charge < -0.3 is 19.8 Å². The van der Waals surface area contributed by atoms with Crippen molar-refractivity contribution in [2.75, 3.05) is 30.4 Å². The Kier molecular flexibility index (Phi) is 7.20. The molecule has 0 bridgehead atoms. The van der Waals surface area contributed by atoms with E-state index in [4.69, 9.17) is 0 Å². The molecule has 0 spiro atoms. The number of halogens is 4. The van der Waals surface area contributed by atoms with E-state index in [-0.39, 0.29) is 28.9 Å². The molecule has 0 saturated carbocycles. The smallest absolute Gasteiger partial charge is 0.367 e. The van der Waals surface area contributed by atoms with Crippen molar-refractivity contribution in [1.82, 2.24) is 14.5 Å². The van der Waals surface area contributed by atoms with Gasteiger partial charge in [-0.15, -0.1) is 0 Å². The second-order valence-electron chi connectivity index (χ2n) is 9.56. The van der Waals surface area contributed by atoms with E-state index in [1.54, 1.807) is 0 Å². The number of aromatic nitrogens is 2. The Labute approximate surface area is 215 Å². The van der Waals surface area contributed by atoms with E-state index in [9.17, 15) is 27.6 Å². The maximum atomic E-state index is 15.5. The summed E-state index contributed by atoms with van der Waals surface area (Å²) >= 11 is 0. The van der Waals surface area contributed by atoms with Crippen molar-refractivity contribution in [3.05, 3.63) is 80.4 Å². The summed E-state index contributed by atoms with van der Waals surface area (Å²) in [6.45, 7) is 4.95. The third-order valence-electron chi connectivity index (χ3n) is 6.91. The molecule has 1 aliphatic heterocycles. The summed E-state index contributed by atoms with van der Waals surface area (Å²) in [6, 6.07) is 5.73. The third kappa shape index (κ3) is 5.35. The quantitative estimate of drug-likeness (QED) is 0.500. The number of benzene rings is 1. The third-order valence-corrected chi connectivity index (χ3v) is 6.91. The number of nitrogens with zero attached hydrogens (tertiary/aromatic N) is 3. The predicted octanol–water partition coefficient (Wildman–Crippen LogP) is 3.68. The standard InChI is InChI=1S/C26H27F4N5O3/c1-14-11-35(12-15(2)34(14)4)22-9-20(27)17(16-5-6-24(37)33(3)13-16)7-21(22)32-25(38)18-10-31-23(36)8-19(18)26(28,29)30/h5-10,13-15H,11-12H2,1-4H3,(H,31,36)(H,32,38)/t14-,15+. The van der Waals surface area contributed by atoms with Crippen LogP contribution in [0.15, 0.2) is 52.3 Å². The highest BCUT2D eigenvalue weighted by Crippen LogP contribution is 2.37. The van der Waals surface area contributed by atoms with E-state index in [1.807, 2.05) is 25.8 Å². The number of hydrogen-bond donors (Lipinski definition) is 2. The topological polar surface area (TPSA) is 90.4 Å². The largest absolute Gasteiger partial charge is 0.417 e. The number of hydrogen-bond acceptors (Lipinski definition) is 5. The van der Waals surface area contributed by atoms with Crippen molar-refractivity contribution in [3.63, 3.8) is 0 Å². The zero-order valence-electron chi connectivity index (χ0n) is 21.2. The summed E-state index contributed by atoms with van der Waals surface area (Å²) in [4.78, 5) is 42.6. The van der Waals surface area contributed by atoms with Crippen molar-refractivity contribution < 1.29 is 22.4 Å².